The Bertz CT molecular complexity index is 427. The van der Waals surface area contributed by atoms with Gasteiger partial charge in [-0.05, 0) is 64.5 Å². The minimum Gasteiger partial charge on any atom is -0.466 e. The number of aliphatic hydroxyl groups excluding tert-OH is 1. The van der Waals surface area contributed by atoms with Gasteiger partial charge in [0, 0.05) is 31.1 Å². The van der Waals surface area contributed by atoms with Crippen LogP contribution >= 0.6 is 21.6 Å². The number of unbranched alkanes of at least 4 members (excludes halogenated alkanes) is 5. The lowest BCUT2D eigenvalue weighted by Crippen LogP contribution is -2.28. The van der Waals surface area contributed by atoms with E-state index in [-0.39, 0.29) is 18.5 Å². The third-order valence-corrected chi connectivity index (χ3v) is 7.45. The molecule has 0 heterocycles. The molecule has 0 saturated heterocycles. The number of carbonyl (C=O) groups is 2. The summed E-state index contributed by atoms with van der Waals surface area (Å²) < 4.78 is 10.6. The van der Waals surface area contributed by atoms with Crippen molar-refractivity contribution in [3.63, 3.8) is 0 Å². The van der Waals surface area contributed by atoms with Crippen molar-refractivity contribution in [3.05, 3.63) is 0 Å². The molecule has 0 aromatic rings. The lowest BCUT2D eigenvalue weighted by Gasteiger charge is -2.19. The van der Waals surface area contributed by atoms with Gasteiger partial charge in [0.05, 0.1) is 19.6 Å². The van der Waals surface area contributed by atoms with Crippen LogP contribution in [0.5, 0.6) is 0 Å². The number of hydrogen-bond acceptors (Lipinski definition) is 8. The molecule has 0 atom stereocenters. The molecule has 0 aromatic heterocycles. The molecular formula is C23H45NO5S2. The summed E-state index contributed by atoms with van der Waals surface area (Å²) in [7, 11) is 3.86. The molecule has 0 rings (SSSR count). The first-order valence-electron chi connectivity index (χ1n) is 12.0. The van der Waals surface area contributed by atoms with Gasteiger partial charge in [-0.15, -0.1) is 0 Å². The van der Waals surface area contributed by atoms with Crippen molar-refractivity contribution < 1.29 is 24.2 Å². The van der Waals surface area contributed by atoms with Crippen molar-refractivity contribution in [1.29, 1.82) is 0 Å². The molecule has 184 valence electrons. The normalized spacial score (nSPS) is 11.1. The van der Waals surface area contributed by atoms with E-state index in [9.17, 15) is 9.59 Å². The average molecular weight is 480 g/mol. The summed E-state index contributed by atoms with van der Waals surface area (Å²) in [5.74, 6) is 2.11. The van der Waals surface area contributed by atoms with Crippen LogP contribution in [0.4, 0.5) is 0 Å². The quantitative estimate of drug-likeness (QED) is 0.124. The van der Waals surface area contributed by atoms with Gasteiger partial charge in [-0.1, -0.05) is 41.9 Å². The van der Waals surface area contributed by atoms with Gasteiger partial charge in [0.15, 0.2) is 0 Å². The number of esters is 2. The van der Waals surface area contributed by atoms with Gasteiger partial charge in [0.2, 0.25) is 0 Å². The van der Waals surface area contributed by atoms with Gasteiger partial charge in [-0.25, -0.2) is 0 Å². The molecule has 0 aliphatic carbocycles. The summed E-state index contributed by atoms with van der Waals surface area (Å²) >= 11 is 0. The van der Waals surface area contributed by atoms with Crippen molar-refractivity contribution in [3.8, 4) is 0 Å². The SMILES string of the molecule is CCCSSCCCCCC(=O)OCCCCCOC(=O)CCN(CC)CCCCO. The number of nitrogens with zero attached hydrogens (tertiary/aromatic N) is 1. The van der Waals surface area contributed by atoms with E-state index in [0.717, 1.165) is 70.2 Å². The summed E-state index contributed by atoms with van der Waals surface area (Å²) in [6.07, 6.45) is 9.52. The largest absolute Gasteiger partial charge is 0.466 e. The van der Waals surface area contributed by atoms with Crippen LogP contribution in [0.2, 0.25) is 0 Å². The Balaban J connectivity index is 3.43. The molecule has 0 radical (unpaired) electrons. The Morgan fingerprint density at radius 2 is 1.39 bits per heavy atom. The number of aliphatic hydroxyl groups is 1. The number of hydrogen-bond donors (Lipinski definition) is 1. The Labute approximate surface area is 198 Å². The molecule has 0 aromatic carbocycles. The molecule has 0 amide bonds. The maximum absolute atomic E-state index is 11.8. The van der Waals surface area contributed by atoms with E-state index >= 15 is 0 Å². The van der Waals surface area contributed by atoms with E-state index < -0.39 is 0 Å². The molecule has 0 aliphatic heterocycles. The molecule has 0 bridgehead atoms. The predicted octanol–water partition coefficient (Wildman–Crippen LogP) is 5.08. The second-order valence-corrected chi connectivity index (χ2v) is 10.3. The van der Waals surface area contributed by atoms with Gasteiger partial charge in [-0.3, -0.25) is 9.59 Å². The van der Waals surface area contributed by atoms with Crippen molar-refractivity contribution >= 4 is 33.5 Å². The Morgan fingerprint density at radius 3 is 2.03 bits per heavy atom. The van der Waals surface area contributed by atoms with Crippen molar-refractivity contribution in [2.24, 2.45) is 0 Å². The maximum Gasteiger partial charge on any atom is 0.307 e. The van der Waals surface area contributed by atoms with Crippen LogP contribution in [0.1, 0.15) is 84.5 Å². The molecule has 31 heavy (non-hydrogen) atoms. The fraction of sp³-hybridized carbons (Fsp3) is 0.913. The second-order valence-electron chi connectivity index (χ2n) is 7.57. The van der Waals surface area contributed by atoms with Crippen molar-refractivity contribution in [2.45, 2.75) is 84.5 Å². The third-order valence-electron chi connectivity index (χ3n) is 4.76. The van der Waals surface area contributed by atoms with Crippen LogP contribution < -0.4 is 0 Å². The van der Waals surface area contributed by atoms with Crippen LogP contribution in [0.25, 0.3) is 0 Å². The van der Waals surface area contributed by atoms with Gasteiger partial charge in [0.25, 0.3) is 0 Å². The molecule has 0 spiro atoms. The predicted molar refractivity (Wildman–Crippen MR) is 132 cm³/mol. The second kappa shape index (κ2) is 24.2. The summed E-state index contributed by atoms with van der Waals surface area (Å²) in [4.78, 5) is 25.7. The average Bonchev–Trinajstić information content (AvgIpc) is 2.77. The number of ether oxygens (including phenoxy) is 2. The fourth-order valence-corrected chi connectivity index (χ4v) is 5.12. The van der Waals surface area contributed by atoms with Gasteiger partial charge >= 0.3 is 11.9 Å². The lowest BCUT2D eigenvalue weighted by atomic mass is 10.2. The van der Waals surface area contributed by atoms with Crippen LogP contribution in [0.15, 0.2) is 0 Å². The van der Waals surface area contributed by atoms with E-state index in [0.29, 0.717) is 32.6 Å². The van der Waals surface area contributed by atoms with E-state index in [1.165, 1.54) is 12.2 Å². The summed E-state index contributed by atoms with van der Waals surface area (Å²) in [6, 6.07) is 0. The van der Waals surface area contributed by atoms with Crippen LogP contribution in [-0.4, -0.2) is 72.9 Å². The van der Waals surface area contributed by atoms with Gasteiger partial charge in [-0.2, -0.15) is 0 Å². The Hall–Kier alpha value is -0.440. The summed E-state index contributed by atoms with van der Waals surface area (Å²) in [5.41, 5.74) is 0. The number of rotatable bonds is 23. The first-order chi connectivity index (χ1) is 15.1. The maximum atomic E-state index is 11.8. The lowest BCUT2D eigenvalue weighted by molar-refractivity contribution is -0.144. The van der Waals surface area contributed by atoms with Crippen LogP contribution in [0, 0.1) is 0 Å². The first kappa shape index (κ1) is 30.6. The third kappa shape index (κ3) is 22.5. The van der Waals surface area contributed by atoms with E-state index in [4.69, 9.17) is 14.6 Å². The van der Waals surface area contributed by atoms with Gasteiger partial charge < -0.3 is 19.5 Å². The zero-order chi connectivity index (χ0) is 23.0. The number of carbonyl (C=O) groups excluding carboxylic acids is 2. The highest BCUT2D eigenvalue weighted by molar-refractivity contribution is 8.76. The highest BCUT2D eigenvalue weighted by Crippen LogP contribution is 2.23. The molecule has 6 nitrogen and oxygen atoms in total. The fourth-order valence-electron chi connectivity index (χ4n) is 2.83. The molecule has 0 fully saturated rings. The first-order valence-corrected chi connectivity index (χ1v) is 14.5. The monoisotopic (exact) mass is 479 g/mol. The smallest absolute Gasteiger partial charge is 0.307 e. The van der Waals surface area contributed by atoms with E-state index in [2.05, 4.69) is 18.7 Å². The zero-order valence-electron chi connectivity index (χ0n) is 19.8. The van der Waals surface area contributed by atoms with E-state index in [1.807, 2.05) is 21.6 Å². The highest BCUT2D eigenvalue weighted by atomic mass is 33.1. The van der Waals surface area contributed by atoms with E-state index in [1.54, 1.807) is 0 Å². The molecule has 0 aliphatic rings. The van der Waals surface area contributed by atoms with Gasteiger partial charge in [0.1, 0.15) is 0 Å². The Morgan fingerprint density at radius 1 is 0.742 bits per heavy atom. The zero-order valence-corrected chi connectivity index (χ0v) is 21.4. The standard InChI is InChI=1S/C23H45NO5S2/c1-3-20-30-31-21-12-5-7-13-22(26)28-18-10-6-11-19-29-23(27)14-16-24(4-2)15-8-9-17-25/h25H,3-21H2,1-2H3. The molecular weight excluding hydrogens is 434 g/mol. The molecule has 1 N–H and O–H groups in total. The minimum absolute atomic E-state index is 0.0982. The van der Waals surface area contributed by atoms with Crippen LogP contribution in [0.3, 0.4) is 0 Å². The molecule has 8 heteroatoms. The molecule has 0 saturated carbocycles. The van der Waals surface area contributed by atoms with Crippen molar-refractivity contribution in [2.75, 3.05) is 51.0 Å². The topological polar surface area (TPSA) is 76.1 Å². The highest BCUT2D eigenvalue weighted by Gasteiger charge is 2.08. The van der Waals surface area contributed by atoms with Crippen LogP contribution in [-0.2, 0) is 19.1 Å². The summed E-state index contributed by atoms with van der Waals surface area (Å²) in [5, 5.41) is 8.83. The Kier molecular flexibility index (Phi) is 23.9. The summed E-state index contributed by atoms with van der Waals surface area (Å²) in [6.45, 7) is 7.87. The molecule has 0 unspecified atom stereocenters. The van der Waals surface area contributed by atoms with Crippen molar-refractivity contribution in [1.82, 2.24) is 4.90 Å². The minimum atomic E-state index is -0.158.